The highest BCUT2D eigenvalue weighted by atomic mass is 28.4. The zero-order chi connectivity index (χ0) is 19.5. The molecule has 2 rings (SSSR count). The minimum Gasteiger partial charge on any atom is -0.443 e. The van der Waals surface area contributed by atoms with Gasteiger partial charge >= 0.3 is 6.09 Å². The van der Waals surface area contributed by atoms with E-state index >= 15 is 0 Å². The summed E-state index contributed by atoms with van der Waals surface area (Å²) in [6.45, 7) is 11.7. The van der Waals surface area contributed by atoms with E-state index in [-0.39, 0.29) is 5.91 Å². The molecule has 2 amide bonds. The van der Waals surface area contributed by atoms with Gasteiger partial charge in [-0.15, -0.1) is 0 Å². The van der Waals surface area contributed by atoms with Crippen LogP contribution in [-0.2, 0) is 14.0 Å². The number of imide groups is 1. The van der Waals surface area contributed by atoms with Gasteiger partial charge in [0, 0.05) is 12.4 Å². The van der Waals surface area contributed by atoms with Gasteiger partial charge in [0.25, 0.3) is 5.91 Å². The number of ether oxygens (including phenoxy) is 1. The molecule has 0 aliphatic carbocycles. The van der Waals surface area contributed by atoms with Crippen molar-refractivity contribution in [1.29, 1.82) is 0 Å². The first-order valence-electron chi connectivity index (χ1n) is 9.31. The van der Waals surface area contributed by atoms with Crippen LogP contribution in [-0.4, -0.2) is 41.9 Å². The van der Waals surface area contributed by atoms with Gasteiger partial charge in [0.2, 0.25) is 0 Å². The molecule has 0 bridgehead atoms. The highest BCUT2D eigenvalue weighted by molar-refractivity contribution is 6.73. The fourth-order valence-corrected chi connectivity index (χ4v) is 6.01. The molecule has 2 atom stereocenters. The highest BCUT2D eigenvalue weighted by Crippen LogP contribution is 2.41. The number of β-lactam (4-membered cyclic amide) rings is 1. The van der Waals surface area contributed by atoms with Crippen LogP contribution in [0.4, 0.5) is 4.79 Å². The van der Waals surface area contributed by atoms with Crippen LogP contribution >= 0.6 is 0 Å². The molecule has 1 aromatic heterocycles. The Morgan fingerprint density at radius 3 is 2.15 bits per heavy atom. The monoisotopic (exact) mass is 378 g/mol. The highest BCUT2D eigenvalue weighted by Gasteiger charge is 2.55. The summed E-state index contributed by atoms with van der Waals surface area (Å²) in [4.78, 5) is 30.6. The smallest absolute Gasteiger partial charge is 0.417 e. The lowest BCUT2D eigenvalue weighted by molar-refractivity contribution is -0.162. The zero-order valence-corrected chi connectivity index (χ0v) is 17.6. The zero-order valence-electron chi connectivity index (χ0n) is 16.6. The molecule has 144 valence electrons. The van der Waals surface area contributed by atoms with Crippen molar-refractivity contribution in [3.05, 3.63) is 30.1 Å². The van der Waals surface area contributed by atoms with Crippen molar-refractivity contribution in [1.82, 2.24) is 9.88 Å². The normalized spacial score (nSPS) is 20.7. The maximum atomic E-state index is 12.8. The molecule has 0 radical (unpaired) electrons. The van der Waals surface area contributed by atoms with Crippen molar-refractivity contribution >= 4 is 20.3 Å². The summed E-state index contributed by atoms with van der Waals surface area (Å²) in [7, 11) is -1.99. The van der Waals surface area contributed by atoms with Gasteiger partial charge in [-0.1, -0.05) is 20.8 Å². The number of carbonyl (C=O) groups is 2. The molecule has 0 unspecified atom stereocenters. The molecule has 6 nitrogen and oxygen atoms in total. The van der Waals surface area contributed by atoms with Gasteiger partial charge < -0.3 is 9.16 Å². The molecule has 1 aliphatic rings. The van der Waals surface area contributed by atoms with Crippen molar-refractivity contribution in [2.75, 3.05) is 0 Å². The van der Waals surface area contributed by atoms with Crippen LogP contribution in [0.1, 0.15) is 53.1 Å². The molecule has 7 heteroatoms. The molecule has 26 heavy (non-hydrogen) atoms. The maximum absolute atomic E-state index is 12.8. The molecule has 0 aromatic carbocycles. The van der Waals surface area contributed by atoms with Crippen LogP contribution in [0.5, 0.6) is 0 Å². The summed E-state index contributed by atoms with van der Waals surface area (Å²) >= 11 is 0. The first kappa shape index (κ1) is 20.6. The molecule has 0 N–H and O–H groups in total. The number of pyridine rings is 1. The number of amides is 2. The molecular formula is C19H30N2O4Si. The Bertz CT molecular complexity index is 632. The van der Waals surface area contributed by atoms with Gasteiger partial charge in [0.1, 0.15) is 11.6 Å². The SMILES string of the molecule is CC[Si](CC)(CC)O[C@H]1C(=O)N(C(=O)OC(C)(C)C)[C@H]1c1ccncc1. The average molecular weight is 379 g/mol. The Morgan fingerprint density at radius 1 is 1.15 bits per heavy atom. The van der Waals surface area contributed by atoms with E-state index in [9.17, 15) is 9.59 Å². The first-order chi connectivity index (χ1) is 12.2. The second-order valence-corrected chi connectivity index (χ2v) is 12.4. The second-order valence-electron chi connectivity index (χ2n) is 7.70. The van der Waals surface area contributed by atoms with Crippen molar-refractivity contribution in [3.8, 4) is 0 Å². The van der Waals surface area contributed by atoms with Crippen LogP contribution < -0.4 is 0 Å². The summed E-state index contributed by atoms with van der Waals surface area (Å²) in [6, 6.07) is 6.00. The summed E-state index contributed by atoms with van der Waals surface area (Å²) in [6.07, 6.45) is 2.07. The van der Waals surface area contributed by atoms with Crippen molar-refractivity contribution < 1.29 is 18.8 Å². The van der Waals surface area contributed by atoms with Crippen molar-refractivity contribution in [2.45, 2.75) is 77.4 Å². The van der Waals surface area contributed by atoms with Crippen LogP contribution in [0, 0.1) is 0 Å². The van der Waals surface area contributed by atoms with Gasteiger partial charge in [-0.25, -0.2) is 9.69 Å². The van der Waals surface area contributed by atoms with Crippen LogP contribution in [0.15, 0.2) is 24.5 Å². The molecular weight excluding hydrogens is 348 g/mol. The summed E-state index contributed by atoms with van der Waals surface area (Å²) in [5.74, 6) is -0.312. The lowest BCUT2D eigenvalue weighted by atomic mass is 9.92. The molecule has 1 fully saturated rings. The lowest BCUT2D eigenvalue weighted by Gasteiger charge is -2.48. The van der Waals surface area contributed by atoms with Crippen molar-refractivity contribution in [3.63, 3.8) is 0 Å². The van der Waals surface area contributed by atoms with Gasteiger partial charge in [-0.05, 0) is 56.6 Å². The molecule has 0 spiro atoms. The Morgan fingerprint density at radius 2 is 1.69 bits per heavy atom. The van der Waals surface area contributed by atoms with E-state index < -0.39 is 32.2 Å². The molecule has 1 saturated heterocycles. The quantitative estimate of drug-likeness (QED) is 0.545. The Balaban J connectivity index is 2.32. The second kappa shape index (κ2) is 7.88. The third kappa shape index (κ3) is 4.15. The fraction of sp³-hybridized carbons (Fsp3) is 0.632. The van der Waals surface area contributed by atoms with Crippen molar-refractivity contribution in [2.24, 2.45) is 0 Å². The number of hydrogen-bond acceptors (Lipinski definition) is 5. The summed E-state index contributed by atoms with van der Waals surface area (Å²) in [5, 5.41) is 0. The van der Waals surface area contributed by atoms with E-state index in [1.165, 1.54) is 4.90 Å². The van der Waals surface area contributed by atoms with E-state index in [0.29, 0.717) is 0 Å². The van der Waals surface area contributed by atoms with Gasteiger partial charge in [0.15, 0.2) is 14.4 Å². The molecule has 1 aromatic rings. The van der Waals surface area contributed by atoms with E-state index in [2.05, 4.69) is 25.8 Å². The van der Waals surface area contributed by atoms with E-state index in [1.807, 2.05) is 12.1 Å². The first-order valence-corrected chi connectivity index (χ1v) is 11.8. The topological polar surface area (TPSA) is 68.7 Å². The molecule has 0 saturated carbocycles. The van der Waals surface area contributed by atoms with Crippen LogP contribution in [0.3, 0.4) is 0 Å². The van der Waals surface area contributed by atoms with Crippen LogP contribution in [0.25, 0.3) is 0 Å². The summed E-state index contributed by atoms with van der Waals surface area (Å²) < 4.78 is 11.9. The average Bonchev–Trinajstić information content (AvgIpc) is 2.60. The van der Waals surface area contributed by atoms with Gasteiger partial charge in [-0.2, -0.15) is 0 Å². The molecule has 2 heterocycles. The Hall–Kier alpha value is -1.73. The van der Waals surface area contributed by atoms with E-state index in [0.717, 1.165) is 23.7 Å². The predicted octanol–water partition coefficient (Wildman–Crippen LogP) is 4.29. The summed E-state index contributed by atoms with van der Waals surface area (Å²) in [5.41, 5.74) is 0.169. The Labute approximate surface area is 157 Å². The number of carbonyl (C=O) groups excluding carboxylic acids is 2. The lowest BCUT2D eigenvalue weighted by Crippen LogP contribution is -2.65. The van der Waals surface area contributed by atoms with Gasteiger partial charge in [0.05, 0.1) is 0 Å². The number of rotatable bonds is 6. The predicted molar refractivity (Wildman–Crippen MR) is 102 cm³/mol. The fourth-order valence-electron chi connectivity index (χ4n) is 3.25. The van der Waals surface area contributed by atoms with Crippen LogP contribution in [0.2, 0.25) is 18.1 Å². The van der Waals surface area contributed by atoms with E-state index in [4.69, 9.17) is 9.16 Å². The number of aromatic nitrogens is 1. The number of nitrogens with zero attached hydrogens (tertiary/aromatic N) is 2. The minimum absolute atomic E-state index is 0.312. The van der Waals surface area contributed by atoms with Gasteiger partial charge in [-0.3, -0.25) is 9.78 Å². The maximum Gasteiger partial charge on any atom is 0.417 e. The standard InChI is InChI=1S/C19H30N2O4Si/c1-7-26(8-2,9-3)25-16-15(14-10-12-20-13-11-14)21(17(16)22)18(23)24-19(4,5)6/h10-13,15-16H,7-9H2,1-6H3/t15-,16+/m0/s1. The molecule has 1 aliphatic heterocycles. The largest absolute Gasteiger partial charge is 0.443 e. The third-order valence-corrected chi connectivity index (χ3v) is 9.61. The third-order valence-electron chi connectivity index (χ3n) is 4.99. The minimum atomic E-state index is -1.99. The Kier molecular flexibility index (Phi) is 6.23. The number of hydrogen-bond donors (Lipinski definition) is 0. The van der Waals surface area contributed by atoms with E-state index in [1.54, 1.807) is 33.2 Å². The number of likely N-dealkylation sites (tertiary alicyclic amines) is 1.